The summed E-state index contributed by atoms with van der Waals surface area (Å²) >= 11 is 12.3. The Hall–Kier alpha value is -2.70. The highest BCUT2D eigenvalue weighted by Crippen LogP contribution is 2.30. The van der Waals surface area contributed by atoms with E-state index in [1.807, 2.05) is 12.1 Å². The molecule has 6 nitrogen and oxygen atoms in total. The van der Waals surface area contributed by atoms with Gasteiger partial charge in [0.25, 0.3) is 0 Å². The van der Waals surface area contributed by atoms with E-state index in [1.165, 1.54) is 6.33 Å². The zero-order chi connectivity index (χ0) is 18.5. The van der Waals surface area contributed by atoms with Gasteiger partial charge < -0.3 is 20.1 Å². The second kappa shape index (κ2) is 8.12. The zero-order valence-electron chi connectivity index (χ0n) is 14.1. The number of rotatable bonds is 6. The number of hydrogen-bond acceptors (Lipinski definition) is 6. The molecule has 0 unspecified atom stereocenters. The second-order valence-corrected chi connectivity index (χ2v) is 6.05. The molecule has 0 saturated heterocycles. The third-order valence-corrected chi connectivity index (χ3v) is 4.11. The second-order valence-electron chi connectivity index (χ2n) is 5.24. The Morgan fingerprint density at radius 2 is 1.19 bits per heavy atom. The van der Waals surface area contributed by atoms with Gasteiger partial charge in [0.1, 0.15) is 29.5 Å². The number of hydrogen-bond donors (Lipinski definition) is 2. The molecule has 0 fully saturated rings. The van der Waals surface area contributed by atoms with Crippen LogP contribution in [0.4, 0.5) is 23.0 Å². The van der Waals surface area contributed by atoms with E-state index in [0.717, 1.165) is 11.4 Å². The molecular weight excluding hydrogens is 375 g/mol. The minimum absolute atomic E-state index is 0.512. The summed E-state index contributed by atoms with van der Waals surface area (Å²) < 4.78 is 10.3. The maximum Gasteiger partial charge on any atom is 0.137 e. The monoisotopic (exact) mass is 390 g/mol. The molecule has 2 N–H and O–H groups in total. The van der Waals surface area contributed by atoms with Gasteiger partial charge in [0.15, 0.2) is 0 Å². The van der Waals surface area contributed by atoms with E-state index in [0.29, 0.717) is 33.2 Å². The average Bonchev–Trinajstić information content (AvgIpc) is 2.62. The summed E-state index contributed by atoms with van der Waals surface area (Å²) in [5, 5.41) is 7.37. The van der Waals surface area contributed by atoms with Crippen LogP contribution in [0.1, 0.15) is 0 Å². The predicted octanol–water partition coefficient (Wildman–Crippen LogP) is 5.29. The Labute approximate surface area is 161 Å². The maximum atomic E-state index is 6.14. The van der Waals surface area contributed by atoms with Crippen molar-refractivity contribution in [2.75, 3.05) is 24.9 Å². The number of ether oxygens (including phenoxy) is 2. The van der Waals surface area contributed by atoms with Gasteiger partial charge in [-0.2, -0.15) is 0 Å². The van der Waals surface area contributed by atoms with Crippen molar-refractivity contribution < 1.29 is 9.47 Å². The van der Waals surface area contributed by atoms with Crippen LogP contribution in [0, 0.1) is 0 Å². The Morgan fingerprint density at radius 1 is 0.731 bits per heavy atom. The number of benzene rings is 2. The van der Waals surface area contributed by atoms with Crippen molar-refractivity contribution >= 4 is 46.2 Å². The van der Waals surface area contributed by atoms with E-state index < -0.39 is 0 Å². The van der Waals surface area contributed by atoms with Crippen molar-refractivity contribution in [1.29, 1.82) is 0 Å². The van der Waals surface area contributed by atoms with E-state index in [9.17, 15) is 0 Å². The number of aromatic nitrogens is 2. The third-order valence-electron chi connectivity index (χ3n) is 3.52. The summed E-state index contributed by atoms with van der Waals surface area (Å²) in [6.07, 6.45) is 1.46. The Bertz CT molecular complexity index is 851. The summed E-state index contributed by atoms with van der Waals surface area (Å²) in [6.45, 7) is 0. The minimum Gasteiger partial charge on any atom is -0.495 e. The van der Waals surface area contributed by atoms with Crippen molar-refractivity contribution in [3.8, 4) is 11.5 Å². The van der Waals surface area contributed by atoms with Crippen LogP contribution in [-0.2, 0) is 0 Å². The molecule has 26 heavy (non-hydrogen) atoms. The first-order valence-corrected chi connectivity index (χ1v) is 8.38. The number of halogens is 2. The largest absolute Gasteiger partial charge is 0.495 e. The topological polar surface area (TPSA) is 68.3 Å². The van der Waals surface area contributed by atoms with Gasteiger partial charge in [0.05, 0.1) is 24.3 Å². The molecule has 0 aliphatic heterocycles. The Kier molecular flexibility index (Phi) is 5.65. The van der Waals surface area contributed by atoms with Crippen LogP contribution < -0.4 is 20.1 Å². The van der Waals surface area contributed by atoms with Gasteiger partial charge in [-0.05, 0) is 36.4 Å². The lowest BCUT2D eigenvalue weighted by atomic mass is 10.3. The standard InChI is InChI=1S/C18H16Cl2N4O2/c1-25-15-5-3-11(7-13(15)19)23-17-9-18(22-10-21-17)24-12-4-6-16(26-2)14(20)8-12/h3-10H,1-2H3,(H2,21,22,23,24). The molecule has 0 aliphatic rings. The summed E-state index contributed by atoms with van der Waals surface area (Å²) in [5.74, 6) is 2.45. The first-order valence-electron chi connectivity index (χ1n) is 7.62. The lowest BCUT2D eigenvalue weighted by Crippen LogP contribution is -1.99. The average molecular weight is 391 g/mol. The molecule has 8 heteroatoms. The van der Waals surface area contributed by atoms with E-state index >= 15 is 0 Å². The molecule has 3 aromatic rings. The summed E-state index contributed by atoms with van der Waals surface area (Å²) in [7, 11) is 3.14. The van der Waals surface area contributed by atoms with Crippen LogP contribution in [0.3, 0.4) is 0 Å². The number of nitrogens with zero attached hydrogens (tertiary/aromatic N) is 2. The molecule has 0 amide bonds. The van der Waals surface area contributed by atoms with Crippen LogP contribution in [0.25, 0.3) is 0 Å². The van der Waals surface area contributed by atoms with Crippen molar-refractivity contribution in [3.05, 3.63) is 58.8 Å². The molecule has 3 rings (SSSR count). The fourth-order valence-corrected chi connectivity index (χ4v) is 2.79. The minimum atomic E-state index is 0.512. The molecule has 1 heterocycles. The van der Waals surface area contributed by atoms with Crippen LogP contribution in [0.2, 0.25) is 10.0 Å². The Balaban J connectivity index is 1.76. The van der Waals surface area contributed by atoms with Gasteiger partial charge in [-0.15, -0.1) is 0 Å². The fourth-order valence-electron chi connectivity index (χ4n) is 2.28. The first-order chi connectivity index (χ1) is 12.6. The highest BCUT2D eigenvalue weighted by molar-refractivity contribution is 6.32. The van der Waals surface area contributed by atoms with Gasteiger partial charge in [0.2, 0.25) is 0 Å². The zero-order valence-corrected chi connectivity index (χ0v) is 15.6. The van der Waals surface area contributed by atoms with E-state index in [-0.39, 0.29) is 0 Å². The third kappa shape index (κ3) is 4.28. The van der Waals surface area contributed by atoms with Gasteiger partial charge >= 0.3 is 0 Å². The number of anilines is 4. The van der Waals surface area contributed by atoms with Crippen LogP contribution in [0.5, 0.6) is 11.5 Å². The number of methoxy groups -OCH3 is 2. The highest BCUT2D eigenvalue weighted by Gasteiger charge is 2.06. The molecule has 0 bridgehead atoms. The van der Waals surface area contributed by atoms with Crippen molar-refractivity contribution in [3.63, 3.8) is 0 Å². The van der Waals surface area contributed by atoms with Crippen LogP contribution in [0.15, 0.2) is 48.8 Å². The molecule has 0 saturated carbocycles. The fraction of sp³-hybridized carbons (Fsp3) is 0.111. The summed E-state index contributed by atoms with van der Waals surface area (Å²) in [4.78, 5) is 8.42. The predicted molar refractivity (Wildman–Crippen MR) is 105 cm³/mol. The van der Waals surface area contributed by atoms with Gasteiger partial charge in [0, 0.05) is 17.4 Å². The van der Waals surface area contributed by atoms with Gasteiger partial charge in [-0.25, -0.2) is 9.97 Å². The van der Waals surface area contributed by atoms with Crippen molar-refractivity contribution in [2.45, 2.75) is 0 Å². The maximum absolute atomic E-state index is 6.14. The lowest BCUT2D eigenvalue weighted by molar-refractivity contribution is 0.415. The molecule has 1 aromatic heterocycles. The van der Waals surface area contributed by atoms with E-state index in [2.05, 4.69) is 20.6 Å². The van der Waals surface area contributed by atoms with Crippen molar-refractivity contribution in [1.82, 2.24) is 9.97 Å². The van der Waals surface area contributed by atoms with E-state index in [4.69, 9.17) is 32.7 Å². The van der Waals surface area contributed by atoms with E-state index in [1.54, 1.807) is 44.6 Å². The molecule has 0 atom stereocenters. The Morgan fingerprint density at radius 3 is 1.58 bits per heavy atom. The smallest absolute Gasteiger partial charge is 0.137 e. The SMILES string of the molecule is COc1ccc(Nc2cc(Nc3ccc(OC)c(Cl)c3)ncn2)cc1Cl. The van der Waals surface area contributed by atoms with Gasteiger partial charge in [-0.1, -0.05) is 23.2 Å². The normalized spacial score (nSPS) is 10.3. The quantitative estimate of drug-likeness (QED) is 0.595. The molecule has 0 spiro atoms. The lowest BCUT2D eigenvalue weighted by Gasteiger charge is -2.11. The molecule has 2 aromatic carbocycles. The van der Waals surface area contributed by atoms with Gasteiger partial charge in [-0.3, -0.25) is 0 Å². The van der Waals surface area contributed by atoms with Crippen molar-refractivity contribution in [2.24, 2.45) is 0 Å². The molecular formula is C18H16Cl2N4O2. The summed E-state index contributed by atoms with van der Waals surface area (Å²) in [6, 6.07) is 12.6. The van der Waals surface area contributed by atoms with Crippen LogP contribution >= 0.6 is 23.2 Å². The highest BCUT2D eigenvalue weighted by atomic mass is 35.5. The van der Waals surface area contributed by atoms with Crippen LogP contribution in [-0.4, -0.2) is 24.2 Å². The molecule has 134 valence electrons. The molecule has 0 radical (unpaired) electrons. The molecule has 0 aliphatic carbocycles. The first kappa shape index (κ1) is 18.1. The number of nitrogens with one attached hydrogen (secondary N) is 2. The summed E-state index contributed by atoms with van der Waals surface area (Å²) in [5.41, 5.74) is 1.57.